The highest BCUT2D eigenvalue weighted by molar-refractivity contribution is 6.29. The minimum absolute atomic E-state index is 0.216. The number of aliphatic hydroxyl groups excluding tert-OH is 1. The fraction of sp³-hybridized carbons (Fsp3) is 0.636. The number of nitrogens with zero attached hydrogens (tertiary/aromatic N) is 3. The Morgan fingerprint density at radius 1 is 1.47 bits per heavy atom. The molecule has 1 aromatic heterocycles. The van der Waals surface area contributed by atoms with Crippen LogP contribution in [0.25, 0.3) is 0 Å². The average molecular weight is 257 g/mol. The molecule has 2 N–H and O–H groups in total. The van der Waals surface area contributed by atoms with Gasteiger partial charge in [-0.25, -0.2) is 0 Å². The maximum atomic E-state index is 8.93. The molecule has 6 heteroatoms. The number of aliphatic hydroxyl groups is 1. The fourth-order valence-corrected chi connectivity index (χ4v) is 2.22. The van der Waals surface area contributed by atoms with Crippen LogP contribution < -0.4 is 5.32 Å². The van der Waals surface area contributed by atoms with Gasteiger partial charge in [-0.1, -0.05) is 11.6 Å². The van der Waals surface area contributed by atoms with Crippen LogP contribution in [0.2, 0.25) is 5.15 Å². The van der Waals surface area contributed by atoms with Gasteiger partial charge >= 0.3 is 0 Å². The van der Waals surface area contributed by atoms with Crippen molar-refractivity contribution in [2.75, 3.05) is 31.6 Å². The first-order valence-electron chi connectivity index (χ1n) is 5.87. The van der Waals surface area contributed by atoms with Crippen molar-refractivity contribution in [3.8, 4) is 0 Å². The van der Waals surface area contributed by atoms with Crippen molar-refractivity contribution in [2.24, 2.45) is 0 Å². The van der Waals surface area contributed by atoms with E-state index in [1.165, 1.54) is 0 Å². The van der Waals surface area contributed by atoms with Gasteiger partial charge in [0, 0.05) is 19.1 Å². The number of piperidine rings is 1. The fourth-order valence-electron chi connectivity index (χ4n) is 2.12. The van der Waals surface area contributed by atoms with Crippen molar-refractivity contribution in [3.63, 3.8) is 0 Å². The second kappa shape index (κ2) is 6.14. The van der Waals surface area contributed by atoms with Gasteiger partial charge in [-0.3, -0.25) is 4.90 Å². The molecule has 1 atom stereocenters. The van der Waals surface area contributed by atoms with E-state index < -0.39 is 0 Å². The van der Waals surface area contributed by atoms with Gasteiger partial charge < -0.3 is 10.4 Å². The second-order valence-corrected chi connectivity index (χ2v) is 4.64. The summed E-state index contributed by atoms with van der Waals surface area (Å²) >= 11 is 5.68. The lowest BCUT2D eigenvalue weighted by Gasteiger charge is -2.32. The van der Waals surface area contributed by atoms with Crippen LogP contribution in [-0.2, 0) is 0 Å². The van der Waals surface area contributed by atoms with Crippen molar-refractivity contribution < 1.29 is 5.11 Å². The summed E-state index contributed by atoms with van der Waals surface area (Å²) < 4.78 is 0. The minimum Gasteiger partial charge on any atom is -0.395 e. The van der Waals surface area contributed by atoms with Gasteiger partial charge in [0.1, 0.15) is 5.82 Å². The number of hydrogen-bond donors (Lipinski definition) is 2. The zero-order valence-electron chi connectivity index (χ0n) is 9.64. The van der Waals surface area contributed by atoms with E-state index in [4.69, 9.17) is 16.7 Å². The lowest BCUT2D eigenvalue weighted by atomic mass is 10.1. The molecule has 0 radical (unpaired) electrons. The van der Waals surface area contributed by atoms with Crippen LogP contribution in [0.5, 0.6) is 0 Å². The number of nitrogens with one attached hydrogen (secondary N) is 1. The van der Waals surface area contributed by atoms with Gasteiger partial charge in [-0.05, 0) is 31.5 Å². The van der Waals surface area contributed by atoms with Crippen LogP contribution in [-0.4, -0.2) is 52.5 Å². The molecular weight excluding hydrogens is 240 g/mol. The van der Waals surface area contributed by atoms with E-state index in [1.807, 2.05) is 6.07 Å². The number of halogens is 1. The maximum absolute atomic E-state index is 8.93. The zero-order chi connectivity index (χ0) is 12.1. The molecule has 17 heavy (non-hydrogen) atoms. The Labute approximate surface area is 106 Å². The van der Waals surface area contributed by atoms with Gasteiger partial charge in [0.25, 0.3) is 0 Å². The molecule has 1 fully saturated rings. The molecule has 1 saturated heterocycles. The SMILES string of the molecule is OCCN1CCCC(Nc2ccc(Cl)nn2)C1. The van der Waals surface area contributed by atoms with E-state index in [1.54, 1.807) is 6.07 Å². The summed E-state index contributed by atoms with van der Waals surface area (Å²) in [5.74, 6) is 0.755. The van der Waals surface area contributed by atoms with Gasteiger partial charge in [0.15, 0.2) is 5.15 Å². The second-order valence-electron chi connectivity index (χ2n) is 4.25. The molecule has 0 saturated carbocycles. The summed E-state index contributed by atoms with van der Waals surface area (Å²) in [6, 6.07) is 3.93. The first kappa shape index (κ1) is 12.5. The molecule has 1 aromatic rings. The van der Waals surface area contributed by atoms with Gasteiger partial charge in [0.05, 0.1) is 6.61 Å². The molecule has 0 bridgehead atoms. The molecule has 94 valence electrons. The highest BCUT2D eigenvalue weighted by Gasteiger charge is 2.19. The van der Waals surface area contributed by atoms with Crippen LogP contribution in [0.1, 0.15) is 12.8 Å². The first-order chi connectivity index (χ1) is 8.28. The summed E-state index contributed by atoms with van der Waals surface area (Å²) in [5.41, 5.74) is 0. The van der Waals surface area contributed by atoms with Crippen molar-refractivity contribution in [1.29, 1.82) is 0 Å². The van der Waals surface area contributed by atoms with Crippen LogP contribution in [0.4, 0.5) is 5.82 Å². The quantitative estimate of drug-likeness (QED) is 0.842. The lowest BCUT2D eigenvalue weighted by molar-refractivity contribution is 0.166. The highest BCUT2D eigenvalue weighted by atomic mass is 35.5. The molecule has 5 nitrogen and oxygen atoms in total. The summed E-state index contributed by atoms with van der Waals surface area (Å²) in [4.78, 5) is 2.25. The third-order valence-electron chi connectivity index (χ3n) is 2.91. The molecule has 0 aliphatic carbocycles. The number of likely N-dealkylation sites (tertiary alicyclic amines) is 1. The van der Waals surface area contributed by atoms with E-state index in [9.17, 15) is 0 Å². The monoisotopic (exact) mass is 256 g/mol. The highest BCUT2D eigenvalue weighted by Crippen LogP contribution is 2.14. The van der Waals surface area contributed by atoms with Gasteiger partial charge in [0.2, 0.25) is 0 Å². The van der Waals surface area contributed by atoms with Crippen LogP contribution in [0.3, 0.4) is 0 Å². The summed E-state index contributed by atoms with van der Waals surface area (Å²) in [7, 11) is 0. The Morgan fingerprint density at radius 3 is 3.06 bits per heavy atom. The largest absolute Gasteiger partial charge is 0.395 e. The smallest absolute Gasteiger partial charge is 0.151 e. The Morgan fingerprint density at radius 2 is 2.35 bits per heavy atom. The molecule has 1 unspecified atom stereocenters. The zero-order valence-corrected chi connectivity index (χ0v) is 10.4. The molecular formula is C11H17ClN4O. The van der Waals surface area contributed by atoms with Crippen molar-refractivity contribution in [2.45, 2.75) is 18.9 Å². The molecule has 2 rings (SSSR count). The van der Waals surface area contributed by atoms with E-state index in [2.05, 4.69) is 20.4 Å². The Hall–Kier alpha value is -0.910. The van der Waals surface area contributed by atoms with E-state index in [0.29, 0.717) is 11.2 Å². The topological polar surface area (TPSA) is 61.3 Å². The van der Waals surface area contributed by atoms with Gasteiger partial charge in [-0.15, -0.1) is 10.2 Å². The summed E-state index contributed by atoms with van der Waals surface area (Å²) in [5, 5.41) is 20.5. The van der Waals surface area contributed by atoms with Crippen molar-refractivity contribution >= 4 is 17.4 Å². The molecule has 2 heterocycles. The number of hydrogen-bond acceptors (Lipinski definition) is 5. The predicted molar refractivity (Wildman–Crippen MR) is 67.2 cm³/mol. The Balaban J connectivity index is 1.87. The molecule has 0 amide bonds. The van der Waals surface area contributed by atoms with E-state index in [-0.39, 0.29) is 6.61 Å². The maximum Gasteiger partial charge on any atom is 0.151 e. The van der Waals surface area contributed by atoms with E-state index >= 15 is 0 Å². The summed E-state index contributed by atoms with van der Waals surface area (Å²) in [6.07, 6.45) is 2.25. The molecule has 0 aromatic carbocycles. The third kappa shape index (κ3) is 3.80. The number of β-amino-alcohol motifs (C(OH)–C–C–N with tert-alkyl or cyclic N) is 1. The van der Waals surface area contributed by atoms with Crippen molar-refractivity contribution in [1.82, 2.24) is 15.1 Å². The third-order valence-corrected chi connectivity index (χ3v) is 3.11. The number of rotatable bonds is 4. The molecule has 1 aliphatic heterocycles. The molecule has 1 aliphatic rings. The summed E-state index contributed by atoms with van der Waals surface area (Å²) in [6.45, 7) is 2.95. The first-order valence-corrected chi connectivity index (χ1v) is 6.24. The predicted octanol–water partition coefficient (Wildman–Crippen LogP) is 0.999. The average Bonchev–Trinajstić information content (AvgIpc) is 2.33. The van der Waals surface area contributed by atoms with Crippen LogP contribution >= 0.6 is 11.6 Å². The Kier molecular flexibility index (Phi) is 4.53. The Bertz CT molecular complexity index is 344. The normalized spacial score (nSPS) is 21.4. The number of aromatic nitrogens is 2. The van der Waals surface area contributed by atoms with E-state index in [0.717, 1.165) is 38.3 Å². The standard InChI is InChI=1S/C11H17ClN4O/c12-10-3-4-11(15-14-10)13-9-2-1-5-16(8-9)6-7-17/h3-4,9,17H,1-2,5-8H2,(H,13,15). The van der Waals surface area contributed by atoms with Crippen LogP contribution in [0, 0.1) is 0 Å². The molecule has 0 spiro atoms. The van der Waals surface area contributed by atoms with Crippen LogP contribution in [0.15, 0.2) is 12.1 Å². The number of anilines is 1. The van der Waals surface area contributed by atoms with Gasteiger partial charge in [-0.2, -0.15) is 0 Å². The minimum atomic E-state index is 0.216. The lowest BCUT2D eigenvalue weighted by Crippen LogP contribution is -2.43. The van der Waals surface area contributed by atoms with Crippen molar-refractivity contribution in [3.05, 3.63) is 17.3 Å².